The molecule has 0 aliphatic carbocycles. The third-order valence-electron chi connectivity index (χ3n) is 1.39. The fourth-order valence-electron chi connectivity index (χ4n) is 0.602. The normalized spacial score (nSPS) is 15.4. The zero-order chi connectivity index (χ0) is 18.7. The van der Waals surface area contributed by atoms with Crippen LogP contribution in [-0.4, -0.2) is 92.2 Å². The Hall–Kier alpha value is -0.310. The van der Waals surface area contributed by atoms with Gasteiger partial charge >= 0.3 is 15.6 Å². The van der Waals surface area contributed by atoms with Crippen molar-refractivity contribution in [2.45, 2.75) is 18.3 Å². The zero-order valence-corrected chi connectivity index (χ0v) is 12.5. The number of aliphatic hydroxyl groups is 5. The molecule has 0 aliphatic rings. The molecular weight excluding hydrogens is 358 g/mol. The fraction of sp³-hybridized carbons (Fsp3) is 0.833. The Bertz CT molecular complexity index is 348. The first-order chi connectivity index (χ1) is 9.54. The summed E-state index contributed by atoms with van der Waals surface area (Å²) in [6.07, 6.45) is -5.22. The van der Waals surface area contributed by atoms with Gasteiger partial charge in [0.2, 0.25) is 0 Å². The number of aliphatic hydroxyl groups excluding tert-OH is 5. The molecule has 11 N–H and O–H groups in total. The monoisotopic (exact) mass is 376 g/mol. The van der Waals surface area contributed by atoms with Crippen LogP contribution in [0.4, 0.5) is 0 Å². The third-order valence-corrected chi connectivity index (χ3v) is 1.39. The lowest BCUT2D eigenvalue weighted by Gasteiger charge is -2.19. The lowest BCUT2D eigenvalue weighted by atomic mass is 10.1. The molecule has 3 atom stereocenters. The van der Waals surface area contributed by atoms with E-state index in [9.17, 15) is 4.79 Å². The maximum atomic E-state index is 10.5. The van der Waals surface area contributed by atoms with Crippen LogP contribution in [0.1, 0.15) is 0 Å². The summed E-state index contributed by atoms with van der Waals surface area (Å²) >= 11 is 0. The number of carbonyl (C=O) groups is 1. The summed E-state index contributed by atoms with van der Waals surface area (Å²) in [7, 11) is -9.28. The van der Waals surface area contributed by atoms with E-state index in [0.717, 1.165) is 0 Å². The van der Waals surface area contributed by atoms with Crippen molar-refractivity contribution >= 4 is 21.4 Å². The van der Waals surface area contributed by atoms with Crippen molar-refractivity contribution in [3.8, 4) is 0 Å². The molecule has 0 spiro atoms. The molecule has 0 bridgehead atoms. The fourth-order valence-corrected chi connectivity index (χ4v) is 0.602. The molecule has 0 aromatic rings. The highest BCUT2D eigenvalue weighted by Crippen LogP contribution is 2.26. The minimum absolute atomic E-state index is 0.767. The van der Waals surface area contributed by atoms with Gasteiger partial charge < -0.3 is 54.9 Å². The molecule has 0 aromatic heterocycles. The van der Waals surface area contributed by atoms with Gasteiger partial charge in [-0.05, 0) is 0 Å². The maximum Gasteiger partial charge on any atom is 0.466 e. The molecule has 0 radical (unpaired) electrons. The van der Waals surface area contributed by atoms with E-state index in [0.29, 0.717) is 0 Å². The van der Waals surface area contributed by atoms with Crippen molar-refractivity contribution in [2.24, 2.45) is 0 Å². The number of hydrogen-bond acceptors (Lipinski definition) is 8. The maximum absolute atomic E-state index is 10.5. The summed E-state index contributed by atoms with van der Waals surface area (Å²) in [4.78, 5) is 53.6. The highest BCUT2D eigenvalue weighted by Gasteiger charge is 2.28. The molecule has 0 amide bonds. The largest absolute Gasteiger partial charge is 0.466 e. The van der Waals surface area contributed by atoms with Crippen LogP contribution in [0.15, 0.2) is 0 Å². The molecule has 0 unspecified atom stereocenters. The Morgan fingerprint density at radius 3 is 1.27 bits per heavy atom. The van der Waals surface area contributed by atoms with Gasteiger partial charge in [-0.2, -0.15) is 0 Å². The molecule has 0 fully saturated rings. The van der Waals surface area contributed by atoms with Gasteiger partial charge in [-0.25, -0.2) is 9.13 Å². The van der Waals surface area contributed by atoms with E-state index in [-0.39, 0.29) is 0 Å². The summed E-state index contributed by atoms with van der Waals surface area (Å²) in [5.74, 6) is -1.00. The van der Waals surface area contributed by atoms with Gasteiger partial charge in [-0.3, -0.25) is 4.79 Å². The third kappa shape index (κ3) is 27.9. The average Bonchev–Trinajstić information content (AvgIpc) is 2.30. The Kier molecular flexibility index (Phi) is 14.7. The Labute approximate surface area is 123 Å². The van der Waals surface area contributed by atoms with Crippen molar-refractivity contribution in [3.05, 3.63) is 0 Å². The van der Waals surface area contributed by atoms with Gasteiger partial charge in [0.15, 0.2) is 5.78 Å². The lowest BCUT2D eigenvalue weighted by molar-refractivity contribution is -0.142. The SMILES string of the molecule is O=C(CO)[C@H](O)[C@@H](O)[C@@H](O)CO.O=P(O)(O)O.O=P(O)(O)O. The van der Waals surface area contributed by atoms with Crippen LogP contribution in [-0.2, 0) is 13.9 Å². The summed E-state index contributed by atoms with van der Waals surface area (Å²) in [6, 6.07) is 0. The quantitative estimate of drug-likeness (QED) is 0.200. The van der Waals surface area contributed by atoms with Crippen LogP contribution < -0.4 is 0 Å². The van der Waals surface area contributed by atoms with Crippen LogP contribution >= 0.6 is 15.6 Å². The van der Waals surface area contributed by atoms with Crippen molar-refractivity contribution in [2.75, 3.05) is 13.2 Å². The molecule has 0 saturated carbocycles. The van der Waals surface area contributed by atoms with Crippen LogP contribution in [0.3, 0.4) is 0 Å². The van der Waals surface area contributed by atoms with Gasteiger partial charge in [0.1, 0.15) is 24.9 Å². The van der Waals surface area contributed by atoms with E-state index in [4.69, 9.17) is 64.0 Å². The standard InChI is InChI=1S/C6H12O6.2H3O4P/c7-1-3(9)5(11)6(12)4(10)2-8;2*1-5(2,3)4/h3,5-9,11-12H,1-2H2;2*(H3,1,2,3,4)/t3-,5-,6-;;/m0../s1. The summed E-state index contributed by atoms with van der Waals surface area (Å²) in [6.45, 7) is -1.69. The second-order valence-corrected chi connectivity index (χ2v) is 5.39. The summed E-state index contributed by atoms with van der Waals surface area (Å²) < 4.78 is 17.8. The molecule has 0 aromatic carbocycles. The molecule has 14 nitrogen and oxygen atoms in total. The second-order valence-electron chi connectivity index (χ2n) is 3.34. The van der Waals surface area contributed by atoms with Crippen LogP contribution in [0.25, 0.3) is 0 Å². The molecule has 0 heterocycles. The number of ketones is 1. The first-order valence-electron chi connectivity index (χ1n) is 4.89. The van der Waals surface area contributed by atoms with Crippen molar-refractivity contribution in [3.63, 3.8) is 0 Å². The lowest BCUT2D eigenvalue weighted by Crippen LogP contribution is -2.44. The molecule has 16 heteroatoms. The van der Waals surface area contributed by atoms with Crippen LogP contribution in [0.2, 0.25) is 0 Å². The Balaban J connectivity index is -0.000000298. The smallest absolute Gasteiger partial charge is 0.394 e. The van der Waals surface area contributed by atoms with Gasteiger partial charge in [-0.1, -0.05) is 0 Å². The van der Waals surface area contributed by atoms with Gasteiger partial charge in [0, 0.05) is 0 Å². The number of carbonyl (C=O) groups excluding carboxylic acids is 1. The van der Waals surface area contributed by atoms with Crippen LogP contribution in [0.5, 0.6) is 0 Å². The van der Waals surface area contributed by atoms with Crippen molar-refractivity contribution < 1.29 is 68.8 Å². The first-order valence-corrected chi connectivity index (χ1v) is 8.02. The van der Waals surface area contributed by atoms with E-state index < -0.39 is 53.0 Å². The van der Waals surface area contributed by atoms with Crippen LogP contribution in [0, 0.1) is 0 Å². The van der Waals surface area contributed by atoms with Gasteiger partial charge in [-0.15, -0.1) is 0 Å². The number of phosphoric acid groups is 2. The highest BCUT2D eigenvalue weighted by atomic mass is 31.2. The first kappa shape index (κ1) is 26.6. The van der Waals surface area contributed by atoms with E-state index >= 15 is 0 Å². The van der Waals surface area contributed by atoms with E-state index in [1.165, 1.54) is 0 Å². The van der Waals surface area contributed by atoms with E-state index in [1.54, 1.807) is 0 Å². The van der Waals surface area contributed by atoms with Gasteiger partial charge in [0.05, 0.1) is 6.61 Å². The summed E-state index contributed by atoms with van der Waals surface area (Å²) in [5.41, 5.74) is 0. The minimum Gasteiger partial charge on any atom is -0.394 e. The summed E-state index contributed by atoms with van der Waals surface area (Å²) in [5, 5.41) is 43.1. The molecule has 0 rings (SSSR count). The molecule has 136 valence electrons. The number of rotatable bonds is 5. The Morgan fingerprint density at radius 1 is 0.818 bits per heavy atom. The minimum atomic E-state index is -4.64. The zero-order valence-electron chi connectivity index (χ0n) is 10.7. The average molecular weight is 376 g/mol. The topological polar surface area (TPSA) is 274 Å². The Morgan fingerprint density at radius 2 is 1.09 bits per heavy atom. The predicted molar refractivity (Wildman–Crippen MR) is 65.7 cm³/mol. The number of Topliss-reactive ketones (excluding diaryl/α,β-unsaturated/α-hetero) is 1. The second kappa shape index (κ2) is 12.2. The molecule has 22 heavy (non-hydrogen) atoms. The number of hydrogen-bond donors (Lipinski definition) is 11. The van der Waals surface area contributed by atoms with Crippen molar-refractivity contribution in [1.82, 2.24) is 0 Å². The molecule has 0 aliphatic heterocycles. The van der Waals surface area contributed by atoms with E-state index in [2.05, 4.69) is 0 Å². The molecular formula is C6H18O14P2. The van der Waals surface area contributed by atoms with Crippen molar-refractivity contribution in [1.29, 1.82) is 0 Å². The molecule has 0 saturated heterocycles. The van der Waals surface area contributed by atoms with Gasteiger partial charge in [0.25, 0.3) is 0 Å². The van der Waals surface area contributed by atoms with E-state index in [1.807, 2.05) is 0 Å². The highest BCUT2D eigenvalue weighted by molar-refractivity contribution is 7.45. The predicted octanol–water partition coefficient (Wildman–Crippen LogP) is -5.23.